The Labute approximate surface area is 259 Å². The lowest BCUT2D eigenvalue weighted by molar-refractivity contribution is -0.117. The fourth-order valence-corrected chi connectivity index (χ4v) is 7.10. The van der Waals surface area contributed by atoms with Crippen molar-refractivity contribution in [2.24, 2.45) is 0 Å². The SMILES string of the molecule is CNC(=O)c1cc2c(c(F)c1-c1c(Cl)c(F)cc3c1C[C@](c1ccccc1)([C@@H]1CCCN1C(=O)OC(C)(C)C)O3)CC(=O)C2. The molecule has 1 aliphatic carbocycles. The van der Waals surface area contributed by atoms with Crippen molar-refractivity contribution in [1.29, 1.82) is 0 Å². The summed E-state index contributed by atoms with van der Waals surface area (Å²) in [5.74, 6) is -2.27. The van der Waals surface area contributed by atoms with Crippen molar-refractivity contribution in [3.8, 4) is 16.9 Å². The van der Waals surface area contributed by atoms with Crippen molar-refractivity contribution < 1.29 is 32.6 Å². The first-order valence-corrected chi connectivity index (χ1v) is 15.1. The second kappa shape index (κ2) is 10.9. The molecule has 0 unspecified atom stereocenters. The highest BCUT2D eigenvalue weighted by molar-refractivity contribution is 6.34. The molecule has 0 aromatic heterocycles. The van der Waals surface area contributed by atoms with Gasteiger partial charge < -0.3 is 19.7 Å². The van der Waals surface area contributed by atoms with Crippen LogP contribution in [0.4, 0.5) is 13.6 Å². The number of carbonyl (C=O) groups excluding carboxylic acids is 3. The molecule has 0 bridgehead atoms. The van der Waals surface area contributed by atoms with Crippen molar-refractivity contribution >= 4 is 29.4 Å². The molecule has 1 saturated heterocycles. The summed E-state index contributed by atoms with van der Waals surface area (Å²) in [5, 5.41) is 2.17. The number of ether oxygens (including phenoxy) is 2. The molecule has 10 heteroatoms. The Hall–Kier alpha value is -3.98. The number of carbonyl (C=O) groups is 3. The largest absolute Gasteiger partial charge is 0.480 e. The molecule has 0 radical (unpaired) electrons. The molecule has 3 aliphatic rings. The molecule has 2 atom stereocenters. The molecule has 2 aliphatic heterocycles. The van der Waals surface area contributed by atoms with Gasteiger partial charge in [0.05, 0.1) is 16.6 Å². The summed E-state index contributed by atoms with van der Waals surface area (Å²) in [4.78, 5) is 40.5. The van der Waals surface area contributed by atoms with Gasteiger partial charge in [-0.25, -0.2) is 13.6 Å². The fourth-order valence-electron chi connectivity index (χ4n) is 6.84. The number of nitrogens with zero attached hydrogens (tertiary/aromatic N) is 1. The van der Waals surface area contributed by atoms with Gasteiger partial charge in [-0.1, -0.05) is 41.9 Å². The highest BCUT2D eigenvalue weighted by atomic mass is 35.5. The normalized spacial score (nSPS) is 20.8. The smallest absolute Gasteiger partial charge is 0.410 e. The summed E-state index contributed by atoms with van der Waals surface area (Å²) < 4.78 is 44.6. The van der Waals surface area contributed by atoms with Gasteiger partial charge in [0.1, 0.15) is 28.8 Å². The molecule has 230 valence electrons. The number of halogens is 3. The maximum atomic E-state index is 16.5. The van der Waals surface area contributed by atoms with Gasteiger partial charge in [0, 0.05) is 55.6 Å². The molecular formula is C34H33ClF2N2O5. The first-order chi connectivity index (χ1) is 20.8. The second-order valence-corrected chi connectivity index (χ2v) is 13.0. The highest BCUT2D eigenvalue weighted by Gasteiger charge is 2.54. The monoisotopic (exact) mass is 622 g/mol. The van der Waals surface area contributed by atoms with E-state index in [1.807, 2.05) is 30.3 Å². The summed E-state index contributed by atoms with van der Waals surface area (Å²) >= 11 is 6.65. The number of hydrogen-bond donors (Lipinski definition) is 1. The number of Topliss-reactive ketones (excluding diaryl/α,β-unsaturated/α-hetero) is 1. The first-order valence-electron chi connectivity index (χ1n) is 14.7. The number of fused-ring (bicyclic) bond motifs is 2. The van der Waals surface area contributed by atoms with Crippen LogP contribution in [0.3, 0.4) is 0 Å². The predicted molar refractivity (Wildman–Crippen MR) is 161 cm³/mol. The minimum Gasteiger partial charge on any atom is -0.480 e. The summed E-state index contributed by atoms with van der Waals surface area (Å²) in [6, 6.07) is 11.5. The lowest BCUT2D eigenvalue weighted by atomic mass is 9.79. The van der Waals surface area contributed by atoms with Crippen molar-refractivity contribution in [3.05, 3.63) is 86.9 Å². The zero-order valence-corrected chi connectivity index (χ0v) is 25.7. The van der Waals surface area contributed by atoms with Crippen LogP contribution in [-0.2, 0) is 34.4 Å². The second-order valence-electron chi connectivity index (χ2n) is 12.6. The Balaban J connectivity index is 1.56. The van der Waals surface area contributed by atoms with Crippen molar-refractivity contribution in [3.63, 3.8) is 0 Å². The van der Waals surface area contributed by atoms with Gasteiger partial charge in [-0.2, -0.15) is 0 Å². The van der Waals surface area contributed by atoms with E-state index < -0.39 is 40.9 Å². The summed E-state index contributed by atoms with van der Waals surface area (Å²) in [5.41, 5.74) is -0.410. The van der Waals surface area contributed by atoms with Crippen molar-refractivity contribution in [1.82, 2.24) is 10.2 Å². The summed E-state index contributed by atoms with van der Waals surface area (Å²) in [6.07, 6.45) is 0.758. The quantitative estimate of drug-likeness (QED) is 0.357. The van der Waals surface area contributed by atoms with E-state index in [0.29, 0.717) is 30.5 Å². The highest BCUT2D eigenvalue weighted by Crippen LogP contribution is 2.53. The third kappa shape index (κ3) is 4.91. The van der Waals surface area contributed by atoms with Crippen LogP contribution >= 0.6 is 11.6 Å². The van der Waals surface area contributed by atoms with Crippen LogP contribution in [0.5, 0.6) is 5.75 Å². The van der Waals surface area contributed by atoms with Gasteiger partial charge in [0.25, 0.3) is 5.91 Å². The van der Waals surface area contributed by atoms with Gasteiger partial charge in [-0.05, 0) is 56.4 Å². The maximum absolute atomic E-state index is 16.5. The molecule has 2 heterocycles. The van der Waals surface area contributed by atoms with E-state index in [4.69, 9.17) is 21.1 Å². The van der Waals surface area contributed by atoms with Crippen molar-refractivity contribution in [2.45, 2.75) is 70.1 Å². The lowest BCUT2D eigenvalue weighted by Crippen LogP contribution is -2.53. The summed E-state index contributed by atoms with van der Waals surface area (Å²) in [6.45, 7) is 5.82. The Kier molecular flexibility index (Phi) is 7.43. The Morgan fingerprint density at radius 3 is 2.50 bits per heavy atom. The molecule has 6 rings (SSSR count). The number of hydrogen-bond acceptors (Lipinski definition) is 5. The van der Waals surface area contributed by atoms with E-state index in [9.17, 15) is 14.4 Å². The number of benzene rings is 3. The fraction of sp³-hybridized carbons (Fsp3) is 0.382. The standard InChI is InChI=1S/C34H33ClF2N2O5/c1-33(2,3)44-32(42)39-12-8-11-26(39)34(19-9-6-5-7-10-19)17-23-25(43-34)16-24(36)29(35)27(23)28-22(31(41)38-4)14-18-13-20(40)15-21(18)30(28)37/h5-7,9-10,14,16,26H,8,11-13,15,17H2,1-4H3,(H,38,41)/t26-,34-/m0/s1. The van der Waals surface area contributed by atoms with Crippen LogP contribution in [0.15, 0.2) is 42.5 Å². The van der Waals surface area contributed by atoms with E-state index in [0.717, 1.165) is 5.56 Å². The van der Waals surface area contributed by atoms with Gasteiger partial charge >= 0.3 is 6.09 Å². The zero-order valence-electron chi connectivity index (χ0n) is 25.0. The van der Waals surface area contributed by atoms with E-state index in [-0.39, 0.29) is 58.1 Å². The van der Waals surface area contributed by atoms with Crippen LogP contribution in [0.25, 0.3) is 11.1 Å². The van der Waals surface area contributed by atoms with Gasteiger partial charge in [-0.15, -0.1) is 0 Å². The molecule has 44 heavy (non-hydrogen) atoms. The van der Waals surface area contributed by atoms with Crippen molar-refractivity contribution in [2.75, 3.05) is 13.6 Å². The lowest BCUT2D eigenvalue weighted by Gasteiger charge is -2.40. The minimum atomic E-state index is -1.20. The maximum Gasteiger partial charge on any atom is 0.410 e. The number of nitrogens with one attached hydrogen (secondary N) is 1. The first kappa shape index (κ1) is 30.1. The molecule has 7 nitrogen and oxygen atoms in total. The number of rotatable bonds is 4. The molecular weight excluding hydrogens is 590 g/mol. The average molecular weight is 623 g/mol. The molecule has 0 spiro atoms. The Bertz CT molecular complexity index is 1700. The summed E-state index contributed by atoms with van der Waals surface area (Å²) in [7, 11) is 1.41. The number of ketones is 1. The Morgan fingerprint density at radius 1 is 1.09 bits per heavy atom. The molecule has 3 aromatic carbocycles. The third-order valence-electron chi connectivity index (χ3n) is 8.64. The molecule has 1 N–H and O–H groups in total. The zero-order chi connectivity index (χ0) is 31.6. The third-order valence-corrected chi connectivity index (χ3v) is 9.01. The molecule has 0 saturated carbocycles. The van der Waals surface area contributed by atoms with E-state index in [1.165, 1.54) is 19.2 Å². The van der Waals surface area contributed by atoms with Crippen LogP contribution in [0.1, 0.15) is 66.2 Å². The van der Waals surface area contributed by atoms with E-state index >= 15 is 8.78 Å². The van der Waals surface area contributed by atoms with E-state index in [2.05, 4.69) is 5.32 Å². The van der Waals surface area contributed by atoms with Crippen LogP contribution in [0.2, 0.25) is 5.02 Å². The average Bonchev–Trinajstić information content (AvgIpc) is 3.71. The molecule has 2 amide bonds. The molecule has 1 fully saturated rings. The van der Waals surface area contributed by atoms with Crippen LogP contribution < -0.4 is 10.1 Å². The van der Waals surface area contributed by atoms with Crippen LogP contribution in [-0.4, -0.2) is 47.9 Å². The van der Waals surface area contributed by atoms with Gasteiger partial charge in [0.15, 0.2) is 5.60 Å². The Morgan fingerprint density at radius 2 is 1.82 bits per heavy atom. The van der Waals surface area contributed by atoms with Gasteiger partial charge in [-0.3, -0.25) is 9.59 Å². The minimum absolute atomic E-state index is 0.000429. The predicted octanol–water partition coefficient (Wildman–Crippen LogP) is 6.54. The van der Waals surface area contributed by atoms with Crippen LogP contribution in [0, 0.1) is 11.6 Å². The topological polar surface area (TPSA) is 84.9 Å². The molecule has 3 aromatic rings. The van der Waals surface area contributed by atoms with E-state index in [1.54, 1.807) is 25.7 Å². The van der Waals surface area contributed by atoms with Gasteiger partial charge in [0.2, 0.25) is 0 Å². The number of amides is 2. The number of likely N-dealkylation sites (tertiary alicyclic amines) is 1.